The summed E-state index contributed by atoms with van der Waals surface area (Å²) in [4.78, 5) is 54.7. The Hall–Kier alpha value is -4.08. The molecule has 170 valence electrons. The van der Waals surface area contributed by atoms with E-state index in [1.165, 1.54) is 47.4 Å². The minimum absolute atomic E-state index is 0.0493. The molecule has 2 heterocycles. The third-order valence-corrected chi connectivity index (χ3v) is 5.40. The number of ether oxygens (including phenoxy) is 1. The summed E-state index contributed by atoms with van der Waals surface area (Å²) < 4.78 is 20.0. The molecule has 0 unspecified atom stereocenters. The topological polar surface area (TPSA) is 125 Å². The van der Waals surface area contributed by atoms with Gasteiger partial charge >= 0.3 is 5.97 Å². The molecule has 3 aromatic rings. The number of amides is 2. The average Bonchev–Trinajstić information content (AvgIpc) is 3.27. The Kier molecular flexibility index (Phi) is 6.16. The van der Waals surface area contributed by atoms with Crippen molar-refractivity contribution in [3.8, 4) is 0 Å². The molecule has 10 heteroatoms. The van der Waals surface area contributed by atoms with E-state index in [0.717, 1.165) is 6.42 Å². The molecule has 1 aliphatic rings. The second-order valence-electron chi connectivity index (χ2n) is 7.63. The molecule has 0 saturated carbocycles. The lowest BCUT2D eigenvalue weighted by atomic mass is 10.1. The molecule has 0 atom stereocenters. The predicted octanol–water partition coefficient (Wildman–Crippen LogP) is 1.55. The summed E-state index contributed by atoms with van der Waals surface area (Å²) in [7, 11) is 0. The van der Waals surface area contributed by atoms with Crippen LogP contribution in [0.25, 0.3) is 10.9 Å². The lowest BCUT2D eigenvalue weighted by Gasteiger charge is -2.22. The Morgan fingerprint density at radius 2 is 1.91 bits per heavy atom. The van der Waals surface area contributed by atoms with Gasteiger partial charge in [-0.3, -0.25) is 19.0 Å². The summed E-state index contributed by atoms with van der Waals surface area (Å²) in [5.74, 6) is -1.79. The van der Waals surface area contributed by atoms with Crippen LogP contribution >= 0.6 is 0 Å². The van der Waals surface area contributed by atoms with Crippen molar-refractivity contribution in [3.63, 3.8) is 0 Å². The molecule has 1 aromatic heterocycles. The van der Waals surface area contributed by atoms with Crippen molar-refractivity contribution in [2.45, 2.75) is 25.8 Å². The number of aryl methyl sites for hydroxylation is 1. The van der Waals surface area contributed by atoms with Crippen molar-refractivity contribution >= 4 is 34.4 Å². The van der Waals surface area contributed by atoms with E-state index in [2.05, 4.69) is 4.98 Å². The van der Waals surface area contributed by atoms with E-state index in [1.54, 1.807) is 4.57 Å². The monoisotopic (exact) mass is 452 g/mol. The lowest BCUT2D eigenvalue weighted by molar-refractivity contribution is -0.121. The summed E-state index contributed by atoms with van der Waals surface area (Å²) in [5.41, 5.74) is 5.91. The highest BCUT2D eigenvalue weighted by Gasteiger charge is 2.21. The van der Waals surface area contributed by atoms with Crippen LogP contribution in [0.1, 0.15) is 29.0 Å². The van der Waals surface area contributed by atoms with Crippen LogP contribution in [0.3, 0.4) is 0 Å². The molecule has 9 nitrogen and oxygen atoms in total. The first-order valence-electron chi connectivity index (χ1n) is 10.4. The molecule has 2 N–H and O–H groups in total. The number of nitrogens with zero attached hydrogens (tertiary/aromatic N) is 3. The molecule has 0 spiro atoms. The van der Waals surface area contributed by atoms with Gasteiger partial charge in [-0.1, -0.05) is 0 Å². The number of carbonyl (C=O) groups is 3. The second kappa shape index (κ2) is 9.19. The van der Waals surface area contributed by atoms with Crippen LogP contribution in [0.4, 0.5) is 10.1 Å². The first kappa shape index (κ1) is 22.1. The molecule has 0 fully saturated rings. The third-order valence-electron chi connectivity index (χ3n) is 5.40. The number of hydrogen-bond donors (Lipinski definition) is 1. The number of hydrogen-bond acceptors (Lipinski definition) is 6. The molecule has 0 saturated heterocycles. The zero-order chi connectivity index (χ0) is 23.5. The third kappa shape index (κ3) is 4.74. The number of carbonyl (C=O) groups excluding carboxylic acids is 3. The molecule has 0 aliphatic carbocycles. The summed E-state index contributed by atoms with van der Waals surface area (Å²) >= 11 is 0. The fourth-order valence-electron chi connectivity index (χ4n) is 3.74. The standard InChI is InChI=1S/C23H21FN4O5/c24-15-4-6-16(7-5-15)27(11-9-19(25)29)21(30)13-33-23(32)14-3-8-17-18(12-14)26-20-2-1-10-28(20)22(17)31/h3-8,12H,1-2,9-11,13H2,(H2,25,29). The quantitative estimate of drug-likeness (QED) is 0.543. The van der Waals surface area contributed by atoms with Gasteiger partial charge in [-0.05, 0) is 48.9 Å². The summed E-state index contributed by atoms with van der Waals surface area (Å²) in [5, 5.41) is 0.405. The molecule has 2 amide bonds. The van der Waals surface area contributed by atoms with E-state index in [0.29, 0.717) is 35.4 Å². The first-order chi connectivity index (χ1) is 15.8. The van der Waals surface area contributed by atoms with Gasteiger partial charge in [0.15, 0.2) is 6.61 Å². The lowest BCUT2D eigenvalue weighted by Crippen LogP contribution is -2.37. The molecule has 4 rings (SSSR count). The highest BCUT2D eigenvalue weighted by Crippen LogP contribution is 2.18. The van der Waals surface area contributed by atoms with Crippen LogP contribution in [0.15, 0.2) is 47.3 Å². The fraction of sp³-hybridized carbons (Fsp3) is 0.261. The zero-order valence-corrected chi connectivity index (χ0v) is 17.6. The van der Waals surface area contributed by atoms with E-state index in [9.17, 15) is 23.6 Å². The van der Waals surface area contributed by atoms with Crippen molar-refractivity contribution < 1.29 is 23.5 Å². The zero-order valence-electron chi connectivity index (χ0n) is 17.6. The SMILES string of the molecule is NC(=O)CCN(C(=O)COC(=O)c1ccc2c(=O)n3c(nc2c1)CCC3)c1ccc(F)cc1. The van der Waals surface area contributed by atoms with E-state index in [1.807, 2.05) is 0 Å². The smallest absolute Gasteiger partial charge is 0.338 e. The maximum atomic E-state index is 13.2. The number of nitrogens with two attached hydrogens (primary N) is 1. The van der Waals surface area contributed by atoms with Crippen molar-refractivity contribution in [1.29, 1.82) is 0 Å². The Labute approximate surface area is 187 Å². The van der Waals surface area contributed by atoms with Gasteiger partial charge in [0, 0.05) is 31.6 Å². The average molecular weight is 452 g/mol. The normalized spacial score (nSPS) is 12.4. The Bertz CT molecular complexity index is 1300. The van der Waals surface area contributed by atoms with Gasteiger partial charge in [0.2, 0.25) is 5.91 Å². The van der Waals surface area contributed by atoms with Crippen LogP contribution in [-0.2, 0) is 27.3 Å². The van der Waals surface area contributed by atoms with Crippen LogP contribution in [-0.4, -0.2) is 40.5 Å². The highest BCUT2D eigenvalue weighted by molar-refractivity contribution is 5.98. The summed E-state index contributed by atoms with van der Waals surface area (Å²) in [6, 6.07) is 9.54. The maximum Gasteiger partial charge on any atom is 0.338 e. The molecular weight excluding hydrogens is 431 g/mol. The molecule has 33 heavy (non-hydrogen) atoms. The maximum absolute atomic E-state index is 13.2. The highest BCUT2D eigenvalue weighted by atomic mass is 19.1. The van der Waals surface area contributed by atoms with Gasteiger partial charge in [0.25, 0.3) is 11.5 Å². The van der Waals surface area contributed by atoms with Gasteiger partial charge in [0.1, 0.15) is 11.6 Å². The van der Waals surface area contributed by atoms with E-state index in [4.69, 9.17) is 10.5 Å². The van der Waals surface area contributed by atoms with Gasteiger partial charge in [-0.25, -0.2) is 14.2 Å². The summed E-state index contributed by atoms with van der Waals surface area (Å²) in [6.45, 7) is -0.0249. The Morgan fingerprint density at radius 1 is 1.15 bits per heavy atom. The predicted molar refractivity (Wildman–Crippen MR) is 117 cm³/mol. The fourth-order valence-corrected chi connectivity index (χ4v) is 3.74. The molecule has 0 bridgehead atoms. The molecular formula is C23H21FN4O5. The minimum atomic E-state index is -0.762. The largest absolute Gasteiger partial charge is 0.452 e. The van der Waals surface area contributed by atoms with Gasteiger partial charge in [-0.15, -0.1) is 0 Å². The Morgan fingerprint density at radius 3 is 2.64 bits per heavy atom. The van der Waals surface area contributed by atoms with Crippen molar-refractivity contribution in [3.05, 3.63) is 70.0 Å². The number of benzene rings is 2. The number of primary amides is 1. The van der Waals surface area contributed by atoms with Crippen molar-refractivity contribution in [1.82, 2.24) is 9.55 Å². The van der Waals surface area contributed by atoms with Crippen LogP contribution in [0.5, 0.6) is 0 Å². The van der Waals surface area contributed by atoms with E-state index < -0.39 is 30.2 Å². The van der Waals surface area contributed by atoms with Gasteiger partial charge in [0.05, 0.1) is 16.5 Å². The number of rotatable bonds is 7. The van der Waals surface area contributed by atoms with Crippen molar-refractivity contribution in [2.75, 3.05) is 18.1 Å². The van der Waals surface area contributed by atoms with Gasteiger partial charge in [-0.2, -0.15) is 0 Å². The molecule has 0 radical (unpaired) electrons. The van der Waals surface area contributed by atoms with Crippen LogP contribution in [0, 0.1) is 5.82 Å². The van der Waals surface area contributed by atoms with Crippen LogP contribution in [0.2, 0.25) is 0 Å². The number of fused-ring (bicyclic) bond motifs is 2. The first-order valence-corrected chi connectivity index (χ1v) is 10.4. The van der Waals surface area contributed by atoms with E-state index in [-0.39, 0.29) is 24.1 Å². The van der Waals surface area contributed by atoms with Gasteiger partial charge < -0.3 is 15.4 Å². The second-order valence-corrected chi connectivity index (χ2v) is 7.63. The van der Waals surface area contributed by atoms with E-state index >= 15 is 0 Å². The number of anilines is 1. The van der Waals surface area contributed by atoms with Crippen molar-refractivity contribution in [2.24, 2.45) is 5.73 Å². The number of halogens is 1. The molecule has 1 aliphatic heterocycles. The molecule has 2 aromatic carbocycles. The number of aromatic nitrogens is 2. The summed E-state index contributed by atoms with van der Waals surface area (Å²) in [6.07, 6.45) is 1.42. The minimum Gasteiger partial charge on any atom is -0.452 e. The number of esters is 1. The van der Waals surface area contributed by atoms with Crippen LogP contribution < -0.4 is 16.2 Å². The Balaban J connectivity index is 1.49.